The molecule has 8 nitrogen and oxygen atoms in total. The Morgan fingerprint density at radius 2 is 1.86 bits per heavy atom. The number of methoxy groups -OCH3 is 1. The highest BCUT2D eigenvalue weighted by molar-refractivity contribution is 5.82. The van der Waals surface area contributed by atoms with Gasteiger partial charge in [-0.3, -0.25) is 19.7 Å². The molecule has 2 aromatic rings. The third kappa shape index (κ3) is 5.54. The van der Waals surface area contributed by atoms with Crippen LogP contribution in [-0.2, 0) is 20.7 Å². The third-order valence-electron chi connectivity index (χ3n) is 4.77. The van der Waals surface area contributed by atoms with Crippen molar-refractivity contribution in [3.05, 3.63) is 69.8 Å². The average Bonchev–Trinajstić information content (AvgIpc) is 3.56. The van der Waals surface area contributed by atoms with Gasteiger partial charge in [-0.05, 0) is 36.5 Å². The molecule has 8 heteroatoms. The Balaban J connectivity index is 1.54. The average molecular weight is 398 g/mol. The number of nitro benzene ring substituents is 1. The van der Waals surface area contributed by atoms with Crippen LogP contribution in [0.15, 0.2) is 48.5 Å². The van der Waals surface area contributed by atoms with Gasteiger partial charge >= 0.3 is 5.97 Å². The molecule has 1 saturated carbocycles. The molecular weight excluding hydrogens is 376 g/mol. The molecule has 3 rings (SSSR count). The van der Waals surface area contributed by atoms with Crippen LogP contribution >= 0.6 is 0 Å². The molecule has 1 atom stereocenters. The summed E-state index contributed by atoms with van der Waals surface area (Å²) in [5.41, 5.74) is 1.06. The first kappa shape index (κ1) is 20.3. The number of esters is 1. The summed E-state index contributed by atoms with van der Waals surface area (Å²) in [4.78, 5) is 34.8. The molecule has 1 fully saturated rings. The highest BCUT2D eigenvalue weighted by Gasteiger charge is 2.33. The third-order valence-corrected chi connectivity index (χ3v) is 4.77. The van der Waals surface area contributed by atoms with Crippen molar-refractivity contribution < 1.29 is 24.0 Å². The van der Waals surface area contributed by atoms with Crippen LogP contribution in [0.2, 0.25) is 0 Å². The second-order valence-corrected chi connectivity index (χ2v) is 6.88. The predicted octanol–water partition coefficient (Wildman–Crippen LogP) is 2.96. The van der Waals surface area contributed by atoms with E-state index in [1.165, 1.54) is 18.2 Å². The molecule has 152 valence electrons. The molecule has 1 unspecified atom stereocenters. The zero-order valence-corrected chi connectivity index (χ0v) is 16.0. The monoisotopic (exact) mass is 398 g/mol. The van der Waals surface area contributed by atoms with Crippen molar-refractivity contribution in [2.75, 3.05) is 13.7 Å². The van der Waals surface area contributed by atoms with Gasteiger partial charge < -0.3 is 14.8 Å². The van der Waals surface area contributed by atoms with Crippen LogP contribution in [0.3, 0.4) is 0 Å². The normalized spacial score (nSPS) is 14.0. The topological polar surface area (TPSA) is 108 Å². The number of nitrogens with zero attached hydrogens (tertiary/aromatic N) is 1. The lowest BCUT2D eigenvalue weighted by molar-refractivity contribution is -0.385. The molecule has 0 aliphatic heterocycles. The van der Waals surface area contributed by atoms with E-state index in [-0.39, 0.29) is 23.7 Å². The van der Waals surface area contributed by atoms with Gasteiger partial charge in [0.15, 0.2) is 6.61 Å². The number of amides is 1. The van der Waals surface area contributed by atoms with E-state index in [4.69, 9.17) is 9.47 Å². The number of carbonyl (C=O) groups excluding carboxylic acids is 2. The van der Waals surface area contributed by atoms with Gasteiger partial charge in [0.25, 0.3) is 11.6 Å². The van der Waals surface area contributed by atoms with Crippen molar-refractivity contribution in [2.24, 2.45) is 5.92 Å². The van der Waals surface area contributed by atoms with Gasteiger partial charge in [0.05, 0.1) is 24.5 Å². The van der Waals surface area contributed by atoms with Gasteiger partial charge in [-0.1, -0.05) is 30.3 Å². The fraction of sp³-hybridized carbons (Fsp3) is 0.333. The van der Waals surface area contributed by atoms with Crippen LogP contribution < -0.4 is 10.1 Å². The van der Waals surface area contributed by atoms with Crippen molar-refractivity contribution in [2.45, 2.75) is 25.3 Å². The van der Waals surface area contributed by atoms with Crippen LogP contribution in [0.4, 0.5) is 5.69 Å². The van der Waals surface area contributed by atoms with Crippen LogP contribution in [0.25, 0.3) is 0 Å². The molecule has 1 aliphatic carbocycles. The van der Waals surface area contributed by atoms with Gasteiger partial charge in [-0.2, -0.15) is 0 Å². The van der Waals surface area contributed by atoms with Crippen LogP contribution in [0.1, 0.15) is 30.0 Å². The summed E-state index contributed by atoms with van der Waals surface area (Å²) < 4.78 is 10.2. The van der Waals surface area contributed by atoms with E-state index in [9.17, 15) is 19.7 Å². The first-order valence-corrected chi connectivity index (χ1v) is 9.29. The lowest BCUT2D eigenvalue weighted by Gasteiger charge is -2.19. The zero-order valence-electron chi connectivity index (χ0n) is 16.0. The van der Waals surface area contributed by atoms with Crippen molar-refractivity contribution in [3.8, 4) is 5.75 Å². The van der Waals surface area contributed by atoms with Gasteiger partial charge in [-0.25, -0.2) is 0 Å². The van der Waals surface area contributed by atoms with Crippen LogP contribution in [0, 0.1) is 16.0 Å². The molecule has 29 heavy (non-hydrogen) atoms. The summed E-state index contributed by atoms with van der Waals surface area (Å²) >= 11 is 0. The quantitative estimate of drug-likeness (QED) is 0.395. The number of para-hydroxylation sites is 1. The predicted molar refractivity (Wildman–Crippen MR) is 104 cm³/mol. The molecule has 0 heterocycles. The summed E-state index contributed by atoms with van der Waals surface area (Å²) in [5, 5.41) is 13.9. The number of hydrogen-bond acceptors (Lipinski definition) is 6. The Labute approximate surface area is 168 Å². The fourth-order valence-corrected chi connectivity index (χ4v) is 3.12. The van der Waals surface area contributed by atoms with E-state index in [1.807, 2.05) is 24.3 Å². The molecule has 0 radical (unpaired) electrons. The second kappa shape index (κ2) is 9.18. The standard InChI is InChI=1S/C21H22N2O6/c1-28-17-10-8-15(9-11-17)21(14-6-7-14)22-19(24)13-29-20(25)12-16-4-2-3-5-18(16)23(26)27/h2-5,8-11,14,21H,6-7,12-13H2,1H3,(H,22,24). The number of nitro groups is 1. The van der Waals surface area contributed by atoms with E-state index in [2.05, 4.69) is 5.32 Å². The van der Waals surface area contributed by atoms with E-state index >= 15 is 0 Å². The molecule has 0 bridgehead atoms. The van der Waals surface area contributed by atoms with Gasteiger partial charge in [0.1, 0.15) is 5.75 Å². The maximum atomic E-state index is 12.3. The summed E-state index contributed by atoms with van der Waals surface area (Å²) in [5.74, 6) is -0.0101. The number of hydrogen-bond donors (Lipinski definition) is 1. The summed E-state index contributed by atoms with van der Waals surface area (Å²) in [7, 11) is 1.59. The Kier molecular flexibility index (Phi) is 6.43. The molecule has 1 aliphatic rings. The van der Waals surface area contributed by atoms with Crippen LogP contribution in [0.5, 0.6) is 5.75 Å². The summed E-state index contributed by atoms with van der Waals surface area (Å²) in [6.45, 7) is -0.432. The van der Waals surface area contributed by atoms with Crippen molar-refractivity contribution in [1.29, 1.82) is 0 Å². The molecule has 1 amide bonds. The SMILES string of the molecule is COc1ccc(C(NC(=O)COC(=O)Cc2ccccc2[N+](=O)[O-])C2CC2)cc1. The van der Waals surface area contributed by atoms with Gasteiger partial charge in [-0.15, -0.1) is 0 Å². The van der Waals surface area contributed by atoms with Gasteiger partial charge in [0, 0.05) is 11.6 Å². The highest BCUT2D eigenvalue weighted by atomic mass is 16.6. The maximum absolute atomic E-state index is 12.3. The Bertz CT molecular complexity index is 892. The zero-order chi connectivity index (χ0) is 20.8. The lowest BCUT2D eigenvalue weighted by atomic mass is 10.0. The number of carbonyl (C=O) groups is 2. The summed E-state index contributed by atoms with van der Waals surface area (Å²) in [6.07, 6.45) is 1.78. The number of nitrogens with one attached hydrogen (secondary N) is 1. The first-order valence-electron chi connectivity index (χ1n) is 9.29. The van der Waals surface area contributed by atoms with Crippen molar-refractivity contribution in [3.63, 3.8) is 0 Å². The van der Waals surface area contributed by atoms with Crippen LogP contribution in [-0.4, -0.2) is 30.5 Å². The minimum Gasteiger partial charge on any atom is -0.497 e. The number of rotatable bonds is 9. The number of ether oxygens (including phenoxy) is 2. The van der Waals surface area contributed by atoms with E-state index in [0.717, 1.165) is 24.2 Å². The maximum Gasteiger partial charge on any atom is 0.311 e. The fourth-order valence-electron chi connectivity index (χ4n) is 3.12. The molecule has 2 aromatic carbocycles. The Hall–Kier alpha value is -3.42. The van der Waals surface area contributed by atoms with E-state index in [0.29, 0.717) is 5.92 Å². The van der Waals surface area contributed by atoms with Crippen molar-refractivity contribution in [1.82, 2.24) is 5.32 Å². The Morgan fingerprint density at radius 1 is 1.17 bits per heavy atom. The largest absolute Gasteiger partial charge is 0.497 e. The molecule has 0 aromatic heterocycles. The molecule has 0 spiro atoms. The molecular formula is C21H22N2O6. The van der Waals surface area contributed by atoms with E-state index < -0.39 is 23.4 Å². The minimum atomic E-state index is -0.693. The first-order chi connectivity index (χ1) is 14.0. The molecule has 1 N–H and O–H groups in total. The second-order valence-electron chi connectivity index (χ2n) is 6.88. The lowest BCUT2D eigenvalue weighted by Crippen LogP contribution is -2.33. The minimum absolute atomic E-state index is 0.151. The van der Waals surface area contributed by atoms with Crippen molar-refractivity contribution >= 4 is 17.6 Å². The smallest absolute Gasteiger partial charge is 0.311 e. The Morgan fingerprint density at radius 3 is 2.48 bits per heavy atom. The number of benzene rings is 2. The highest BCUT2D eigenvalue weighted by Crippen LogP contribution is 2.41. The summed E-state index contributed by atoms with van der Waals surface area (Å²) in [6, 6.07) is 13.3. The van der Waals surface area contributed by atoms with E-state index in [1.54, 1.807) is 13.2 Å². The molecule has 0 saturated heterocycles. The van der Waals surface area contributed by atoms with Gasteiger partial charge in [0.2, 0.25) is 0 Å².